The van der Waals surface area contributed by atoms with Crippen molar-refractivity contribution < 1.29 is 24.5 Å². The van der Waals surface area contributed by atoms with Crippen LogP contribution in [0.3, 0.4) is 0 Å². The Morgan fingerprint density at radius 2 is 1.71 bits per heavy atom. The van der Waals surface area contributed by atoms with Crippen molar-refractivity contribution in [3.8, 4) is 0 Å². The molecule has 0 heterocycles. The van der Waals surface area contributed by atoms with Gasteiger partial charge >= 0.3 is 12.1 Å². The van der Waals surface area contributed by atoms with E-state index in [0.717, 1.165) is 6.42 Å². The minimum Gasteiger partial charge on any atom is -0.466 e. The van der Waals surface area contributed by atoms with Crippen molar-refractivity contribution in [2.45, 2.75) is 27.2 Å². The quantitative estimate of drug-likeness (QED) is 0.535. The van der Waals surface area contributed by atoms with Crippen molar-refractivity contribution in [2.75, 3.05) is 6.61 Å². The SMILES string of the molecule is C=CC.CCCOC(C)=O.O=C(O)O. The van der Waals surface area contributed by atoms with Crippen LogP contribution in [0.5, 0.6) is 0 Å². The van der Waals surface area contributed by atoms with Gasteiger partial charge in [0.2, 0.25) is 0 Å². The highest BCUT2D eigenvalue weighted by atomic mass is 16.6. The van der Waals surface area contributed by atoms with Gasteiger partial charge < -0.3 is 14.9 Å². The molecule has 14 heavy (non-hydrogen) atoms. The van der Waals surface area contributed by atoms with E-state index in [1.54, 1.807) is 6.08 Å². The van der Waals surface area contributed by atoms with Gasteiger partial charge in [-0.25, -0.2) is 4.79 Å². The van der Waals surface area contributed by atoms with E-state index in [9.17, 15) is 4.79 Å². The summed E-state index contributed by atoms with van der Waals surface area (Å²) in [7, 11) is 0. The Hall–Kier alpha value is -1.52. The molecule has 0 aromatic rings. The molecule has 5 nitrogen and oxygen atoms in total. The average molecular weight is 206 g/mol. The third kappa shape index (κ3) is 153. The topological polar surface area (TPSA) is 83.8 Å². The molecule has 0 rings (SSSR count). The molecule has 0 bridgehead atoms. The Morgan fingerprint density at radius 1 is 1.43 bits per heavy atom. The van der Waals surface area contributed by atoms with Crippen molar-refractivity contribution in [1.82, 2.24) is 0 Å². The maximum atomic E-state index is 9.98. The van der Waals surface area contributed by atoms with Crippen molar-refractivity contribution in [2.24, 2.45) is 0 Å². The first-order valence-corrected chi connectivity index (χ1v) is 4.04. The van der Waals surface area contributed by atoms with Crippen molar-refractivity contribution in [3.05, 3.63) is 12.7 Å². The lowest BCUT2D eigenvalue weighted by Gasteiger charge is -1.93. The number of carbonyl (C=O) groups is 2. The molecule has 84 valence electrons. The Labute approximate surface area is 84.0 Å². The maximum Gasteiger partial charge on any atom is 0.503 e. The number of allylic oxidation sites excluding steroid dienone is 1. The van der Waals surface area contributed by atoms with Gasteiger partial charge in [-0.05, 0) is 13.3 Å². The normalized spacial score (nSPS) is 6.79. The van der Waals surface area contributed by atoms with Crippen molar-refractivity contribution >= 4 is 12.1 Å². The molecule has 0 saturated heterocycles. The summed E-state index contributed by atoms with van der Waals surface area (Å²) < 4.78 is 4.55. The minimum atomic E-state index is -1.83. The second kappa shape index (κ2) is 17.5. The zero-order chi connectivity index (χ0) is 12.0. The molecule has 0 spiro atoms. The first-order valence-electron chi connectivity index (χ1n) is 4.04. The van der Waals surface area contributed by atoms with Crippen LogP contribution in [0, 0.1) is 0 Å². The highest BCUT2D eigenvalue weighted by molar-refractivity contribution is 5.65. The number of carboxylic acid groups (broad SMARTS) is 2. The predicted octanol–water partition coefficient (Wildman–Crippen LogP) is 2.37. The molecule has 0 aliphatic carbocycles. The van der Waals surface area contributed by atoms with Crippen LogP contribution in [0.1, 0.15) is 27.2 Å². The summed E-state index contributed by atoms with van der Waals surface area (Å²) in [4.78, 5) is 18.5. The summed E-state index contributed by atoms with van der Waals surface area (Å²) in [5.41, 5.74) is 0. The largest absolute Gasteiger partial charge is 0.503 e. The summed E-state index contributed by atoms with van der Waals surface area (Å²) in [6, 6.07) is 0. The van der Waals surface area contributed by atoms with Gasteiger partial charge in [0.05, 0.1) is 6.61 Å². The molecule has 0 unspecified atom stereocenters. The summed E-state index contributed by atoms with van der Waals surface area (Å²) in [6.07, 6.45) is 0.819. The first-order chi connectivity index (χ1) is 6.42. The molecule has 0 atom stereocenters. The van der Waals surface area contributed by atoms with E-state index in [1.807, 2.05) is 13.8 Å². The van der Waals surface area contributed by atoms with Crippen LogP contribution < -0.4 is 0 Å². The van der Waals surface area contributed by atoms with E-state index in [1.165, 1.54) is 6.92 Å². The fraction of sp³-hybridized carbons (Fsp3) is 0.556. The summed E-state index contributed by atoms with van der Waals surface area (Å²) in [5.74, 6) is -0.193. The van der Waals surface area contributed by atoms with Gasteiger partial charge in [0, 0.05) is 6.92 Å². The number of carbonyl (C=O) groups excluding carboxylic acids is 1. The summed E-state index contributed by atoms with van der Waals surface area (Å²) in [5, 5.41) is 13.9. The zero-order valence-corrected chi connectivity index (χ0v) is 8.82. The molecule has 0 aliphatic rings. The van der Waals surface area contributed by atoms with Crippen LogP contribution in [0.25, 0.3) is 0 Å². The second-order valence-electron chi connectivity index (χ2n) is 2.03. The van der Waals surface area contributed by atoms with E-state index in [2.05, 4.69) is 11.3 Å². The van der Waals surface area contributed by atoms with Crippen LogP contribution in [-0.2, 0) is 9.53 Å². The van der Waals surface area contributed by atoms with E-state index < -0.39 is 6.16 Å². The van der Waals surface area contributed by atoms with Gasteiger partial charge in [-0.15, -0.1) is 6.58 Å². The summed E-state index contributed by atoms with van der Waals surface area (Å²) >= 11 is 0. The number of rotatable bonds is 2. The molecule has 0 aromatic carbocycles. The first kappa shape index (κ1) is 18.3. The lowest BCUT2D eigenvalue weighted by molar-refractivity contribution is -0.140. The van der Waals surface area contributed by atoms with Crippen molar-refractivity contribution in [1.29, 1.82) is 0 Å². The smallest absolute Gasteiger partial charge is 0.466 e. The molecule has 0 aromatic heterocycles. The van der Waals surface area contributed by atoms with Gasteiger partial charge in [-0.2, -0.15) is 0 Å². The van der Waals surface area contributed by atoms with E-state index in [0.29, 0.717) is 6.61 Å². The number of ether oxygens (including phenoxy) is 1. The summed E-state index contributed by atoms with van der Waals surface area (Å²) in [6.45, 7) is 9.17. The highest BCUT2D eigenvalue weighted by Gasteiger charge is 1.85. The molecule has 2 N–H and O–H groups in total. The molecule has 0 radical (unpaired) electrons. The molecule has 0 fully saturated rings. The molecular weight excluding hydrogens is 188 g/mol. The lowest BCUT2D eigenvalue weighted by atomic mass is 10.5. The van der Waals surface area contributed by atoms with Crippen LogP contribution in [0.2, 0.25) is 0 Å². The van der Waals surface area contributed by atoms with Gasteiger partial charge in [-0.3, -0.25) is 4.79 Å². The Balaban J connectivity index is -0.000000147. The molecule has 5 heteroatoms. The molecular formula is C9H18O5. The van der Waals surface area contributed by atoms with Gasteiger partial charge in [0.1, 0.15) is 0 Å². The Bertz CT molecular complexity index is 149. The maximum absolute atomic E-state index is 9.98. The highest BCUT2D eigenvalue weighted by Crippen LogP contribution is 1.78. The van der Waals surface area contributed by atoms with E-state index >= 15 is 0 Å². The monoisotopic (exact) mass is 206 g/mol. The van der Waals surface area contributed by atoms with Gasteiger partial charge in [0.25, 0.3) is 0 Å². The zero-order valence-electron chi connectivity index (χ0n) is 8.82. The molecule has 0 aliphatic heterocycles. The minimum absolute atomic E-state index is 0.193. The lowest BCUT2D eigenvalue weighted by Crippen LogP contribution is -1.98. The van der Waals surface area contributed by atoms with Crippen LogP contribution in [0.4, 0.5) is 4.79 Å². The molecule has 0 saturated carbocycles. The number of hydrogen-bond donors (Lipinski definition) is 2. The van der Waals surface area contributed by atoms with Crippen LogP contribution >= 0.6 is 0 Å². The Kier molecular flexibility index (Phi) is 22.9. The number of hydrogen-bond acceptors (Lipinski definition) is 3. The molecule has 0 amide bonds. The Morgan fingerprint density at radius 3 is 1.79 bits per heavy atom. The van der Waals surface area contributed by atoms with Crippen molar-refractivity contribution in [3.63, 3.8) is 0 Å². The van der Waals surface area contributed by atoms with E-state index in [4.69, 9.17) is 15.0 Å². The predicted molar refractivity (Wildman–Crippen MR) is 53.4 cm³/mol. The van der Waals surface area contributed by atoms with E-state index in [-0.39, 0.29) is 5.97 Å². The second-order valence-corrected chi connectivity index (χ2v) is 2.03. The van der Waals surface area contributed by atoms with Crippen LogP contribution in [0.15, 0.2) is 12.7 Å². The average Bonchev–Trinajstić information content (AvgIpc) is 2.01. The fourth-order valence-electron chi connectivity index (χ4n) is 0.246. The van der Waals surface area contributed by atoms with Gasteiger partial charge in [-0.1, -0.05) is 13.0 Å². The fourth-order valence-corrected chi connectivity index (χ4v) is 0.246. The third-order valence-electron chi connectivity index (χ3n) is 0.509. The standard InChI is InChI=1S/C5H10O2.C3H6.CH2O3/c1-3-4-7-5(2)6;1-3-2;2-1(3)4/h3-4H2,1-2H3;3H,1H2,2H3;(H2,2,3,4). The van der Waals surface area contributed by atoms with Gasteiger partial charge in [0.15, 0.2) is 0 Å². The van der Waals surface area contributed by atoms with Crippen LogP contribution in [-0.4, -0.2) is 28.9 Å². The third-order valence-corrected chi connectivity index (χ3v) is 0.509. The number of esters is 1.